The first-order valence-corrected chi connectivity index (χ1v) is 5.06. The van der Waals surface area contributed by atoms with E-state index in [2.05, 4.69) is 15.9 Å². The molecule has 1 aromatic carbocycles. The maximum absolute atomic E-state index is 10.9. The van der Waals surface area contributed by atoms with Gasteiger partial charge in [0, 0.05) is 4.47 Å². The summed E-state index contributed by atoms with van der Waals surface area (Å²) in [6.45, 7) is 3.88. The van der Waals surface area contributed by atoms with Crippen molar-refractivity contribution >= 4 is 21.8 Å². The lowest BCUT2D eigenvalue weighted by molar-refractivity contribution is 0.0999. The van der Waals surface area contributed by atoms with E-state index in [0.29, 0.717) is 10.0 Å². The summed E-state index contributed by atoms with van der Waals surface area (Å²) < 4.78 is 6.10. The average Bonchev–Trinajstić information content (AvgIpc) is 2.01. The fraction of sp³-hybridized carbons (Fsp3) is 0.300. The highest BCUT2D eigenvalue weighted by Crippen LogP contribution is 2.23. The number of halogens is 1. The first-order chi connectivity index (χ1) is 6.50. The van der Waals surface area contributed by atoms with E-state index in [9.17, 15) is 4.79 Å². The van der Waals surface area contributed by atoms with Crippen molar-refractivity contribution in [2.45, 2.75) is 20.0 Å². The molecule has 76 valence electrons. The van der Waals surface area contributed by atoms with Crippen LogP contribution in [0.25, 0.3) is 0 Å². The standard InChI is InChI=1S/C10H12BrNO2/c1-6(2)14-7-3-4-8(10(12)13)9(11)5-7/h3-6H,1-2H3,(H2,12,13). The summed E-state index contributed by atoms with van der Waals surface area (Å²) in [7, 11) is 0. The molecule has 0 heterocycles. The molecule has 0 bridgehead atoms. The minimum Gasteiger partial charge on any atom is -0.491 e. The summed E-state index contributed by atoms with van der Waals surface area (Å²) in [6, 6.07) is 5.11. The van der Waals surface area contributed by atoms with Crippen LogP contribution in [0.1, 0.15) is 24.2 Å². The molecule has 0 aliphatic rings. The normalized spacial score (nSPS) is 10.3. The number of rotatable bonds is 3. The molecular formula is C10H12BrNO2. The van der Waals surface area contributed by atoms with E-state index >= 15 is 0 Å². The Morgan fingerprint density at radius 1 is 1.50 bits per heavy atom. The first-order valence-electron chi connectivity index (χ1n) is 4.26. The largest absolute Gasteiger partial charge is 0.491 e. The molecule has 0 saturated carbocycles. The number of carbonyl (C=O) groups excluding carboxylic acids is 1. The minimum atomic E-state index is -0.451. The Morgan fingerprint density at radius 2 is 2.14 bits per heavy atom. The Bertz CT molecular complexity index is 350. The Labute approximate surface area is 91.4 Å². The molecule has 0 saturated heterocycles. The number of primary amides is 1. The van der Waals surface area contributed by atoms with Gasteiger partial charge in [0.25, 0.3) is 0 Å². The molecule has 3 nitrogen and oxygen atoms in total. The number of benzene rings is 1. The van der Waals surface area contributed by atoms with Crippen LogP contribution in [0.3, 0.4) is 0 Å². The van der Waals surface area contributed by atoms with Gasteiger partial charge < -0.3 is 10.5 Å². The summed E-state index contributed by atoms with van der Waals surface area (Å²) >= 11 is 3.26. The number of carbonyl (C=O) groups is 1. The van der Waals surface area contributed by atoms with Gasteiger partial charge >= 0.3 is 0 Å². The van der Waals surface area contributed by atoms with Crippen LogP contribution < -0.4 is 10.5 Å². The van der Waals surface area contributed by atoms with Gasteiger partial charge in [0.15, 0.2) is 0 Å². The quantitative estimate of drug-likeness (QED) is 0.904. The Hall–Kier alpha value is -1.03. The first kappa shape index (κ1) is 11.0. The van der Waals surface area contributed by atoms with E-state index in [4.69, 9.17) is 10.5 Å². The van der Waals surface area contributed by atoms with Crippen molar-refractivity contribution in [1.82, 2.24) is 0 Å². The van der Waals surface area contributed by atoms with Crippen LogP contribution in [0.4, 0.5) is 0 Å². The molecule has 0 atom stereocenters. The van der Waals surface area contributed by atoms with Crippen LogP contribution in [0.2, 0.25) is 0 Å². The predicted octanol–water partition coefficient (Wildman–Crippen LogP) is 2.34. The van der Waals surface area contributed by atoms with Crippen LogP contribution in [-0.4, -0.2) is 12.0 Å². The van der Waals surface area contributed by atoms with E-state index in [1.807, 2.05) is 13.8 Å². The monoisotopic (exact) mass is 257 g/mol. The van der Waals surface area contributed by atoms with Crippen molar-refractivity contribution in [3.05, 3.63) is 28.2 Å². The van der Waals surface area contributed by atoms with E-state index in [0.717, 1.165) is 5.75 Å². The smallest absolute Gasteiger partial charge is 0.249 e. The van der Waals surface area contributed by atoms with Crippen molar-refractivity contribution in [2.75, 3.05) is 0 Å². The van der Waals surface area contributed by atoms with Gasteiger partial charge in [-0.05, 0) is 48.0 Å². The highest BCUT2D eigenvalue weighted by Gasteiger charge is 2.07. The SMILES string of the molecule is CC(C)Oc1ccc(C(N)=O)c(Br)c1. The molecule has 0 spiro atoms. The van der Waals surface area contributed by atoms with Gasteiger partial charge in [-0.3, -0.25) is 4.79 Å². The molecule has 4 heteroatoms. The van der Waals surface area contributed by atoms with Crippen molar-refractivity contribution in [2.24, 2.45) is 5.73 Å². The van der Waals surface area contributed by atoms with Gasteiger partial charge in [-0.25, -0.2) is 0 Å². The average molecular weight is 258 g/mol. The summed E-state index contributed by atoms with van der Waals surface area (Å²) in [6.07, 6.45) is 0.112. The highest BCUT2D eigenvalue weighted by molar-refractivity contribution is 9.10. The molecule has 1 amide bonds. The van der Waals surface area contributed by atoms with Gasteiger partial charge in [-0.2, -0.15) is 0 Å². The molecule has 1 aromatic rings. The van der Waals surface area contributed by atoms with E-state index < -0.39 is 5.91 Å². The lowest BCUT2D eigenvalue weighted by Gasteiger charge is -2.10. The molecule has 2 N–H and O–H groups in total. The zero-order valence-electron chi connectivity index (χ0n) is 8.08. The third kappa shape index (κ3) is 2.73. The lowest BCUT2D eigenvalue weighted by Crippen LogP contribution is -2.12. The fourth-order valence-electron chi connectivity index (χ4n) is 1.04. The zero-order chi connectivity index (χ0) is 10.7. The molecule has 0 radical (unpaired) electrons. The minimum absolute atomic E-state index is 0.112. The van der Waals surface area contributed by atoms with E-state index in [-0.39, 0.29) is 6.10 Å². The van der Waals surface area contributed by atoms with Crippen molar-refractivity contribution < 1.29 is 9.53 Å². The molecule has 0 unspecified atom stereocenters. The van der Waals surface area contributed by atoms with Crippen molar-refractivity contribution in [3.8, 4) is 5.75 Å². The van der Waals surface area contributed by atoms with Crippen LogP contribution in [0.5, 0.6) is 5.75 Å². The van der Waals surface area contributed by atoms with Gasteiger partial charge in [0.2, 0.25) is 5.91 Å². The Kier molecular flexibility index (Phi) is 3.52. The summed E-state index contributed by atoms with van der Waals surface area (Å²) in [4.78, 5) is 10.9. The number of hydrogen-bond donors (Lipinski definition) is 1. The molecule has 1 rings (SSSR count). The number of ether oxygens (including phenoxy) is 1. The van der Waals surface area contributed by atoms with Gasteiger partial charge in [0.05, 0.1) is 11.7 Å². The number of nitrogens with two attached hydrogens (primary N) is 1. The molecule has 0 aromatic heterocycles. The van der Waals surface area contributed by atoms with E-state index in [1.54, 1.807) is 18.2 Å². The maximum atomic E-state index is 10.9. The summed E-state index contributed by atoms with van der Waals surface area (Å²) in [5.74, 6) is 0.268. The van der Waals surface area contributed by atoms with Crippen LogP contribution in [-0.2, 0) is 0 Å². The van der Waals surface area contributed by atoms with Gasteiger partial charge in [-0.1, -0.05) is 0 Å². The molecule has 0 fully saturated rings. The zero-order valence-corrected chi connectivity index (χ0v) is 9.67. The molecule has 0 aliphatic heterocycles. The van der Waals surface area contributed by atoms with Gasteiger partial charge in [-0.15, -0.1) is 0 Å². The van der Waals surface area contributed by atoms with Crippen LogP contribution >= 0.6 is 15.9 Å². The third-order valence-electron chi connectivity index (χ3n) is 1.58. The topological polar surface area (TPSA) is 52.3 Å². The molecule has 0 aliphatic carbocycles. The van der Waals surface area contributed by atoms with Crippen molar-refractivity contribution in [1.29, 1.82) is 0 Å². The maximum Gasteiger partial charge on any atom is 0.249 e. The summed E-state index contributed by atoms with van der Waals surface area (Å²) in [5, 5.41) is 0. The summed E-state index contributed by atoms with van der Waals surface area (Å²) in [5.41, 5.74) is 5.62. The van der Waals surface area contributed by atoms with Crippen LogP contribution in [0, 0.1) is 0 Å². The fourth-order valence-corrected chi connectivity index (χ4v) is 1.59. The second-order valence-electron chi connectivity index (χ2n) is 3.17. The Morgan fingerprint density at radius 3 is 2.57 bits per heavy atom. The molecular weight excluding hydrogens is 246 g/mol. The van der Waals surface area contributed by atoms with Gasteiger partial charge in [0.1, 0.15) is 5.75 Å². The van der Waals surface area contributed by atoms with E-state index in [1.165, 1.54) is 0 Å². The highest BCUT2D eigenvalue weighted by atomic mass is 79.9. The number of hydrogen-bond acceptors (Lipinski definition) is 2. The Balaban J connectivity index is 2.94. The predicted molar refractivity (Wildman–Crippen MR) is 58.4 cm³/mol. The molecule has 14 heavy (non-hydrogen) atoms. The van der Waals surface area contributed by atoms with Crippen LogP contribution in [0.15, 0.2) is 22.7 Å². The van der Waals surface area contributed by atoms with Crippen molar-refractivity contribution in [3.63, 3.8) is 0 Å². The third-order valence-corrected chi connectivity index (χ3v) is 2.23. The second-order valence-corrected chi connectivity index (χ2v) is 4.03. The number of amides is 1. The lowest BCUT2D eigenvalue weighted by atomic mass is 10.2. The second kappa shape index (κ2) is 4.46.